The first kappa shape index (κ1) is 20.8. The molecule has 2 heterocycles. The predicted octanol–water partition coefficient (Wildman–Crippen LogP) is -1.02. The van der Waals surface area contributed by atoms with E-state index in [0.717, 1.165) is 22.0 Å². The van der Waals surface area contributed by atoms with Crippen LogP contribution in [0.25, 0.3) is 10.9 Å². The molecule has 3 aromatic rings. The smallest absolute Gasteiger partial charge is 0.546 e. The minimum absolute atomic E-state index is 0. The summed E-state index contributed by atoms with van der Waals surface area (Å²) >= 11 is 0. The number of hydrogen-bond acceptors (Lipinski definition) is 4. The fourth-order valence-corrected chi connectivity index (χ4v) is 3.49. The standard InChI is InChI=1S/C21H21N3O4.Li/c25-20(26)18-9-8-13-4-3-7-17(19(13)28-18)24-21(27)22-11-10-14-12-23-16-6-2-1-5-15(14)16;/h1-7,12,18,23H,8-11H2,(H,25,26)(H2,22,24,27);/q;+1/p-1. The third-order valence-corrected chi connectivity index (χ3v) is 4.90. The molecule has 8 heteroatoms. The number of nitrogens with one attached hydrogen (secondary N) is 3. The maximum Gasteiger partial charge on any atom is 1.00 e. The van der Waals surface area contributed by atoms with E-state index in [1.165, 1.54) is 0 Å². The second kappa shape index (κ2) is 9.08. The van der Waals surface area contributed by atoms with E-state index in [1.54, 1.807) is 6.07 Å². The first-order valence-electron chi connectivity index (χ1n) is 9.21. The van der Waals surface area contributed by atoms with E-state index >= 15 is 0 Å². The van der Waals surface area contributed by atoms with Crippen LogP contribution in [0.5, 0.6) is 5.75 Å². The number of carbonyl (C=O) groups excluding carboxylic acids is 2. The number of carboxylic acids is 1. The van der Waals surface area contributed by atoms with Crippen LogP contribution < -0.4 is 39.3 Å². The third kappa shape index (κ3) is 4.58. The molecule has 1 aliphatic heterocycles. The van der Waals surface area contributed by atoms with Crippen LogP contribution in [-0.4, -0.2) is 29.6 Å². The number of rotatable bonds is 5. The molecule has 2 amide bonds. The van der Waals surface area contributed by atoms with Crippen LogP contribution in [0.2, 0.25) is 0 Å². The fourth-order valence-electron chi connectivity index (χ4n) is 3.49. The van der Waals surface area contributed by atoms with Gasteiger partial charge in [0.05, 0.1) is 11.7 Å². The average Bonchev–Trinajstić information content (AvgIpc) is 3.11. The number of urea groups is 1. The van der Waals surface area contributed by atoms with Crippen LogP contribution in [-0.2, 0) is 17.6 Å². The van der Waals surface area contributed by atoms with E-state index in [1.807, 2.05) is 42.6 Å². The topological polar surface area (TPSA) is 106 Å². The number of ether oxygens (including phenoxy) is 1. The Morgan fingerprint density at radius 2 is 2.00 bits per heavy atom. The maximum atomic E-state index is 12.3. The van der Waals surface area contributed by atoms with Gasteiger partial charge in [0, 0.05) is 23.6 Å². The number of hydrogen-bond donors (Lipinski definition) is 3. The predicted molar refractivity (Wildman–Crippen MR) is 103 cm³/mol. The maximum absolute atomic E-state index is 12.3. The zero-order valence-electron chi connectivity index (χ0n) is 16.2. The Kier molecular flexibility index (Phi) is 6.52. The van der Waals surface area contributed by atoms with Gasteiger partial charge in [0.25, 0.3) is 0 Å². The number of amides is 2. The molecular formula is C21H20LiN3O4. The van der Waals surface area contributed by atoms with Crippen LogP contribution in [0, 0.1) is 0 Å². The molecule has 0 saturated heterocycles. The molecule has 0 bridgehead atoms. The zero-order valence-corrected chi connectivity index (χ0v) is 16.2. The van der Waals surface area contributed by atoms with Gasteiger partial charge >= 0.3 is 24.9 Å². The normalized spacial score (nSPS) is 15.0. The third-order valence-electron chi connectivity index (χ3n) is 4.90. The molecule has 1 aromatic heterocycles. The van der Waals surface area contributed by atoms with Crippen molar-refractivity contribution in [1.82, 2.24) is 10.3 Å². The second-order valence-corrected chi connectivity index (χ2v) is 6.75. The van der Waals surface area contributed by atoms with Crippen molar-refractivity contribution in [2.24, 2.45) is 0 Å². The Balaban J connectivity index is 0.00000240. The Morgan fingerprint density at radius 1 is 1.17 bits per heavy atom. The Hall–Kier alpha value is -2.88. The van der Waals surface area contributed by atoms with Gasteiger partial charge in [-0.1, -0.05) is 30.3 Å². The van der Waals surface area contributed by atoms with Crippen molar-refractivity contribution >= 4 is 28.6 Å². The van der Waals surface area contributed by atoms with Crippen LogP contribution in [0.1, 0.15) is 17.5 Å². The van der Waals surface area contributed by atoms with Crippen molar-refractivity contribution < 1.29 is 38.3 Å². The number of aromatic amines is 1. The summed E-state index contributed by atoms with van der Waals surface area (Å²) in [6.45, 7) is 0.464. The van der Waals surface area contributed by atoms with Crippen molar-refractivity contribution in [2.75, 3.05) is 11.9 Å². The monoisotopic (exact) mass is 385 g/mol. The summed E-state index contributed by atoms with van der Waals surface area (Å²) in [5, 5.41) is 17.8. The van der Waals surface area contributed by atoms with E-state index in [4.69, 9.17) is 4.74 Å². The van der Waals surface area contributed by atoms with Gasteiger partial charge < -0.3 is 30.3 Å². The Bertz CT molecular complexity index is 1030. The molecule has 0 fully saturated rings. The molecule has 3 N–H and O–H groups in total. The van der Waals surface area contributed by atoms with Crippen molar-refractivity contribution in [3.8, 4) is 5.75 Å². The molecule has 0 aliphatic carbocycles. The fraction of sp³-hybridized carbons (Fsp3) is 0.238. The second-order valence-electron chi connectivity index (χ2n) is 6.75. The molecule has 7 nitrogen and oxygen atoms in total. The number of para-hydroxylation sites is 2. The summed E-state index contributed by atoms with van der Waals surface area (Å²) < 4.78 is 5.53. The molecule has 4 rings (SSSR count). The van der Waals surface area contributed by atoms with Gasteiger partial charge in [-0.15, -0.1) is 0 Å². The van der Waals surface area contributed by atoms with Crippen LogP contribution in [0.3, 0.4) is 0 Å². The van der Waals surface area contributed by atoms with Gasteiger partial charge in [0.1, 0.15) is 11.9 Å². The SMILES string of the molecule is O=C(NCCc1c[nH]c2ccccc12)Nc1cccc2c1OC(C(=O)[O-])CC2.[Li+]. The number of aromatic nitrogens is 1. The molecule has 1 aliphatic rings. The first-order valence-corrected chi connectivity index (χ1v) is 9.21. The van der Waals surface area contributed by atoms with Crippen LogP contribution in [0.4, 0.5) is 10.5 Å². The number of aliphatic carboxylic acids is 1. The van der Waals surface area contributed by atoms with Crippen molar-refractivity contribution in [3.05, 3.63) is 59.8 Å². The average molecular weight is 385 g/mol. The summed E-state index contributed by atoms with van der Waals surface area (Å²) in [6, 6.07) is 13.0. The minimum Gasteiger partial charge on any atom is -0.546 e. The summed E-state index contributed by atoms with van der Waals surface area (Å²) in [4.78, 5) is 26.6. The quantitative estimate of drug-likeness (QED) is 0.489. The summed E-state index contributed by atoms with van der Waals surface area (Å²) in [7, 11) is 0. The van der Waals surface area contributed by atoms with E-state index in [9.17, 15) is 14.7 Å². The van der Waals surface area contributed by atoms with Gasteiger partial charge in [-0.2, -0.15) is 0 Å². The van der Waals surface area contributed by atoms with Crippen molar-refractivity contribution in [2.45, 2.75) is 25.4 Å². The number of H-pyrrole nitrogens is 1. The Morgan fingerprint density at radius 3 is 2.83 bits per heavy atom. The van der Waals surface area contributed by atoms with Gasteiger partial charge in [-0.3, -0.25) is 0 Å². The van der Waals surface area contributed by atoms with Crippen LogP contribution >= 0.6 is 0 Å². The molecule has 1 atom stereocenters. The van der Waals surface area contributed by atoms with Gasteiger partial charge in [-0.05, 0) is 42.5 Å². The molecule has 1 unspecified atom stereocenters. The van der Waals surface area contributed by atoms with E-state index in [-0.39, 0.29) is 24.9 Å². The molecule has 2 aromatic carbocycles. The minimum atomic E-state index is -1.25. The van der Waals surface area contributed by atoms with Crippen molar-refractivity contribution in [3.63, 3.8) is 0 Å². The van der Waals surface area contributed by atoms with E-state index < -0.39 is 12.1 Å². The van der Waals surface area contributed by atoms with E-state index in [0.29, 0.717) is 37.2 Å². The molecule has 0 spiro atoms. The number of aryl methyl sites for hydroxylation is 1. The summed E-state index contributed by atoms with van der Waals surface area (Å²) in [5.74, 6) is -0.849. The molecule has 29 heavy (non-hydrogen) atoms. The first-order chi connectivity index (χ1) is 13.6. The van der Waals surface area contributed by atoms with Gasteiger partial charge in [-0.25, -0.2) is 4.79 Å². The van der Waals surface area contributed by atoms with Crippen molar-refractivity contribution in [1.29, 1.82) is 0 Å². The number of fused-ring (bicyclic) bond motifs is 2. The number of benzene rings is 2. The molecule has 0 radical (unpaired) electrons. The summed E-state index contributed by atoms with van der Waals surface area (Å²) in [5.41, 5.74) is 3.52. The Labute approximate surface area is 180 Å². The summed E-state index contributed by atoms with van der Waals surface area (Å²) in [6.07, 6.45) is 2.56. The van der Waals surface area contributed by atoms with Gasteiger partial charge in [0.2, 0.25) is 0 Å². The largest absolute Gasteiger partial charge is 1.00 e. The molecule has 144 valence electrons. The van der Waals surface area contributed by atoms with E-state index in [2.05, 4.69) is 15.6 Å². The molecule has 0 saturated carbocycles. The number of carbonyl (C=O) groups is 2. The molecular weight excluding hydrogens is 365 g/mol. The zero-order chi connectivity index (χ0) is 19.5. The number of anilines is 1. The van der Waals surface area contributed by atoms with Crippen LogP contribution in [0.15, 0.2) is 48.7 Å². The van der Waals surface area contributed by atoms with Gasteiger partial charge in [0.15, 0.2) is 0 Å². The number of carboxylic acid groups (broad SMARTS) is 1.